The maximum atomic E-state index is 14.4. The van der Waals surface area contributed by atoms with Crippen LogP contribution >= 0.6 is 0 Å². The van der Waals surface area contributed by atoms with E-state index in [4.69, 9.17) is 9.72 Å². The number of ether oxygens (including phenoxy) is 1. The van der Waals surface area contributed by atoms with E-state index < -0.39 is 45.2 Å². The summed E-state index contributed by atoms with van der Waals surface area (Å²) in [6, 6.07) is 10.8. The highest BCUT2D eigenvalue weighted by molar-refractivity contribution is 7.90. The lowest BCUT2D eigenvalue weighted by atomic mass is 9.94. The summed E-state index contributed by atoms with van der Waals surface area (Å²) >= 11 is 0. The molecule has 12 nitrogen and oxygen atoms in total. The third-order valence-electron chi connectivity index (χ3n) is 7.99. The molecule has 51 heavy (non-hydrogen) atoms. The van der Waals surface area contributed by atoms with Crippen molar-refractivity contribution in [3.05, 3.63) is 77.1 Å². The Balaban J connectivity index is 1.67. The number of nitrogens with zero attached hydrogens (tertiary/aromatic N) is 5. The van der Waals surface area contributed by atoms with Gasteiger partial charge >= 0.3 is 16.3 Å². The first-order chi connectivity index (χ1) is 23.8. The fourth-order valence-electron chi connectivity index (χ4n) is 5.73. The Bertz CT molecular complexity index is 2090. The fourth-order valence-corrected chi connectivity index (χ4v) is 6.90. The smallest absolute Gasteiger partial charge is 0.408 e. The maximum absolute atomic E-state index is 14.4. The molecule has 0 radical (unpaired) electrons. The van der Waals surface area contributed by atoms with E-state index in [1.165, 1.54) is 30.3 Å². The van der Waals surface area contributed by atoms with Gasteiger partial charge in [-0.3, -0.25) is 9.40 Å². The number of likely N-dealkylation sites (N-methyl/N-ethyl adjacent to an activating group) is 1. The van der Waals surface area contributed by atoms with Crippen LogP contribution in [-0.4, -0.2) is 88.0 Å². The van der Waals surface area contributed by atoms with Crippen molar-refractivity contribution in [1.29, 1.82) is 0 Å². The monoisotopic (exact) mass is 723 g/mol. The molecule has 272 valence electrons. The molecule has 3 N–H and O–H groups in total. The molecule has 2 aromatic heterocycles. The number of carbonyl (C=O) groups is 1. The van der Waals surface area contributed by atoms with E-state index in [9.17, 15) is 27.1 Å². The Kier molecular flexibility index (Phi) is 10.7. The number of aryl methyl sites for hydroxylation is 1. The van der Waals surface area contributed by atoms with Gasteiger partial charge in [-0.25, -0.2) is 18.6 Å². The third kappa shape index (κ3) is 9.59. The molecule has 1 fully saturated rings. The van der Waals surface area contributed by atoms with Crippen LogP contribution in [0.1, 0.15) is 57.6 Å². The van der Waals surface area contributed by atoms with E-state index in [2.05, 4.69) is 31.9 Å². The fraction of sp³-hybridized carbons (Fsp3) is 0.417. The molecule has 0 spiro atoms. The van der Waals surface area contributed by atoms with Gasteiger partial charge in [0.1, 0.15) is 28.5 Å². The molecule has 1 aliphatic rings. The van der Waals surface area contributed by atoms with Crippen LogP contribution in [0.5, 0.6) is 0 Å². The SMILES string of the molecule is CN1CCN(S(=O)(=O)Nc2nn(C)c3c(-c4ccc(C#CC(C)(C)O)nc4[C@H](Cc4cc(F)cc(F)c4)NC(=O)OC(C)(C)C)cccc23)CC1. The number of anilines is 1. The van der Waals surface area contributed by atoms with Crippen molar-refractivity contribution in [1.82, 2.24) is 29.3 Å². The quantitative estimate of drug-likeness (QED) is 0.221. The minimum atomic E-state index is -3.92. The molecular weight excluding hydrogens is 681 g/mol. The molecular formula is C36H43F2N7O5S. The number of aromatic nitrogens is 3. The second-order valence-electron chi connectivity index (χ2n) is 14.1. The lowest BCUT2D eigenvalue weighted by molar-refractivity contribution is 0.0502. The van der Waals surface area contributed by atoms with E-state index in [1.807, 2.05) is 7.05 Å². The highest BCUT2D eigenvalue weighted by atomic mass is 32.2. The van der Waals surface area contributed by atoms with Crippen LogP contribution in [0.15, 0.2) is 48.5 Å². The largest absolute Gasteiger partial charge is 0.444 e. The van der Waals surface area contributed by atoms with Crippen molar-refractivity contribution in [2.45, 2.75) is 58.3 Å². The number of amides is 1. The number of para-hydroxylation sites is 1. The summed E-state index contributed by atoms with van der Waals surface area (Å²) in [6.45, 7) is 10.0. The van der Waals surface area contributed by atoms with E-state index in [0.29, 0.717) is 48.2 Å². The van der Waals surface area contributed by atoms with Crippen molar-refractivity contribution in [3.8, 4) is 23.0 Å². The summed E-state index contributed by atoms with van der Waals surface area (Å²) in [5.74, 6) is 4.17. The second kappa shape index (κ2) is 14.5. The number of carbonyl (C=O) groups excluding carboxylic acids is 1. The number of nitrogens with one attached hydrogen (secondary N) is 2. The number of fused-ring (bicyclic) bond motifs is 1. The maximum Gasteiger partial charge on any atom is 0.408 e. The van der Waals surface area contributed by atoms with E-state index >= 15 is 0 Å². The minimum Gasteiger partial charge on any atom is -0.444 e. The Morgan fingerprint density at radius 3 is 2.29 bits per heavy atom. The van der Waals surface area contributed by atoms with Gasteiger partial charge in [-0.05, 0) is 89.9 Å². The van der Waals surface area contributed by atoms with Crippen molar-refractivity contribution in [2.24, 2.45) is 7.05 Å². The zero-order valence-electron chi connectivity index (χ0n) is 29.7. The zero-order valence-corrected chi connectivity index (χ0v) is 30.5. The van der Waals surface area contributed by atoms with Crippen molar-refractivity contribution in [2.75, 3.05) is 37.9 Å². The average molecular weight is 724 g/mol. The molecule has 5 rings (SSSR count). The minimum absolute atomic E-state index is 0.0895. The number of benzene rings is 2. The average Bonchev–Trinajstić information content (AvgIpc) is 3.32. The normalized spacial score (nSPS) is 15.3. The molecule has 4 aromatic rings. The van der Waals surface area contributed by atoms with Gasteiger partial charge in [0, 0.05) is 55.8 Å². The molecule has 15 heteroatoms. The van der Waals surface area contributed by atoms with Gasteiger partial charge in [0.2, 0.25) is 0 Å². The van der Waals surface area contributed by atoms with Gasteiger partial charge in [-0.15, -0.1) is 0 Å². The Hall–Kier alpha value is -4.62. The van der Waals surface area contributed by atoms with Crippen LogP contribution in [-0.2, 0) is 28.4 Å². The summed E-state index contributed by atoms with van der Waals surface area (Å²) in [4.78, 5) is 20.1. The van der Waals surface area contributed by atoms with Gasteiger partial charge in [-0.1, -0.05) is 18.1 Å². The highest BCUT2D eigenvalue weighted by Gasteiger charge is 2.29. The van der Waals surface area contributed by atoms with E-state index in [-0.39, 0.29) is 29.2 Å². The predicted octanol–water partition coefficient (Wildman–Crippen LogP) is 4.75. The zero-order chi connectivity index (χ0) is 37.3. The number of aliphatic hydroxyl groups is 1. The van der Waals surface area contributed by atoms with Crippen LogP contribution in [0.4, 0.5) is 19.4 Å². The first kappa shape index (κ1) is 37.6. The van der Waals surface area contributed by atoms with Gasteiger partial charge in [0.25, 0.3) is 0 Å². The van der Waals surface area contributed by atoms with Crippen LogP contribution < -0.4 is 10.0 Å². The first-order valence-electron chi connectivity index (χ1n) is 16.4. The van der Waals surface area contributed by atoms with Gasteiger partial charge in [0.05, 0.1) is 17.3 Å². The Morgan fingerprint density at radius 1 is 1.00 bits per heavy atom. The third-order valence-corrected chi connectivity index (χ3v) is 9.48. The number of halogens is 2. The second-order valence-corrected chi connectivity index (χ2v) is 15.8. The number of hydrogen-bond acceptors (Lipinski definition) is 8. The summed E-state index contributed by atoms with van der Waals surface area (Å²) < 4.78 is 66.7. The summed E-state index contributed by atoms with van der Waals surface area (Å²) in [5.41, 5.74) is 0.235. The number of pyridine rings is 1. The van der Waals surface area contributed by atoms with Crippen LogP contribution in [0, 0.1) is 23.5 Å². The molecule has 1 saturated heterocycles. The molecule has 0 unspecified atom stereocenters. The lowest BCUT2D eigenvalue weighted by Crippen LogP contribution is -2.48. The van der Waals surface area contributed by atoms with Crippen molar-refractivity contribution < 1.29 is 31.8 Å². The number of hydrogen-bond donors (Lipinski definition) is 3. The van der Waals surface area contributed by atoms with Crippen LogP contribution in [0.3, 0.4) is 0 Å². The molecule has 1 atom stereocenters. The molecule has 3 heterocycles. The van der Waals surface area contributed by atoms with Gasteiger partial charge < -0.3 is 20.1 Å². The first-order valence-corrected chi connectivity index (χ1v) is 17.9. The summed E-state index contributed by atoms with van der Waals surface area (Å²) in [5, 5.41) is 18.2. The molecule has 1 amide bonds. The Morgan fingerprint density at radius 2 is 1.67 bits per heavy atom. The molecule has 1 aliphatic heterocycles. The summed E-state index contributed by atoms with van der Waals surface area (Å²) in [6.07, 6.45) is -0.877. The molecule has 0 bridgehead atoms. The van der Waals surface area contributed by atoms with Gasteiger partial charge in [-0.2, -0.15) is 17.8 Å². The standard InChI is InChI=1S/C36H43F2N7O5S/c1-35(2,3)50-34(46)40-30(21-23-19-24(37)22-25(38)20-23)31-27(12-11-26(39-31)13-14-36(4,5)47)28-9-8-10-29-32(28)44(7)41-33(29)42-51(48,49)45-17-15-43(6)16-18-45/h8-12,19-20,22,30,47H,15-18,21H2,1-7H3,(H,40,46)(H,41,42)/t30-/m0/s1. The molecule has 0 saturated carbocycles. The molecule has 2 aromatic carbocycles. The highest BCUT2D eigenvalue weighted by Crippen LogP contribution is 2.37. The summed E-state index contributed by atoms with van der Waals surface area (Å²) in [7, 11) is -0.304. The number of piperazine rings is 1. The predicted molar refractivity (Wildman–Crippen MR) is 191 cm³/mol. The number of rotatable bonds is 8. The van der Waals surface area contributed by atoms with Crippen LogP contribution in [0.25, 0.3) is 22.0 Å². The van der Waals surface area contributed by atoms with Crippen molar-refractivity contribution >= 4 is 33.0 Å². The molecule has 0 aliphatic carbocycles. The van der Waals surface area contributed by atoms with Crippen LogP contribution in [0.2, 0.25) is 0 Å². The van der Waals surface area contributed by atoms with E-state index in [1.54, 1.807) is 62.8 Å². The topological polar surface area (TPSA) is 142 Å². The van der Waals surface area contributed by atoms with E-state index in [0.717, 1.165) is 6.07 Å². The number of alkyl carbamates (subject to hydrolysis) is 1. The lowest BCUT2D eigenvalue weighted by Gasteiger charge is -2.31. The van der Waals surface area contributed by atoms with Gasteiger partial charge in [0.15, 0.2) is 5.82 Å². The Labute approximate surface area is 297 Å². The van der Waals surface area contributed by atoms with Crippen molar-refractivity contribution in [3.63, 3.8) is 0 Å².